The molecule has 0 fully saturated rings. The van der Waals surface area contributed by atoms with Crippen LogP contribution < -0.4 is 17.0 Å². The summed E-state index contributed by atoms with van der Waals surface area (Å²) in [7, 11) is 0. The standard InChI is InChI=1S/C5H13N3O/c6-5(4-9)2-1-3-8-7/h4-5,8H,1-3,6-7H2/t5-/m1/s1. The van der Waals surface area contributed by atoms with Crippen molar-refractivity contribution in [2.45, 2.75) is 18.9 Å². The maximum Gasteiger partial charge on any atom is 0.136 e. The molecule has 1 atom stereocenters. The summed E-state index contributed by atoms with van der Waals surface area (Å²) in [5, 5.41) is 0. The molecule has 0 amide bonds. The molecule has 0 heterocycles. The summed E-state index contributed by atoms with van der Waals surface area (Å²) in [6.45, 7) is 0.710. The number of aldehydes is 1. The fraction of sp³-hybridized carbons (Fsp3) is 0.800. The van der Waals surface area contributed by atoms with Crippen molar-refractivity contribution in [3.63, 3.8) is 0 Å². The van der Waals surface area contributed by atoms with Crippen LogP contribution in [0.15, 0.2) is 0 Å². The predicted octanol–water partition coefficient (Wildman–Crippen LogP) is -1.24. The number of rotatable bonds is 5. The molecule has 0 aromatic rings. The van der Waals surface area contributed by atoms with Gasteiger partial charge in [-0.25, -0.2) is 0 Å². The zero-order valence-electron chi connectivity index (χ0n) is 5.34. The maximum atomic E-state index is 9.92. The van der Waals surface area contributed by atoms with Gasteiger partial charge in [0.2, 0.25) is 0 Å². The van der Waals surface area contributed by atoms with E-state index < -0.39 is 0 Å². The zero-order chi connectivity index (χ0) is 7.11. The molecule has 0 spiro atoms. The predicted molar refractivity (Wildman–Crippen MR) is 35.5 cm³/mol. The lowest BCUT2D eigenvalue weighted by Gasteiger charge is -2.01. The van der Waals surface area contributed by atoms with Crippen LogP contribution in [0.3, 0.4) is 0 Å². The van der Waals surface area contributed by atoms with E-state index >= 15 is 0 Å². The topological polar surface area (TPSA) is 81.1 Å². The van der Waals surface area contributed by atoms with Gasteiger partial charge in [0.1, 0.15) is 6.29 Å². The third kappa shape index (κ3) is 5.42. The summed E-state index contributed by atoms with van der Waals surface area (Å²) in [6.07, 6.45) is 2.29. The molecule has 54 valence electrons. The van der Waals surface area contributed by atoms with E-state index in [1.165, 1.54) is 0 Å². The highest BCUT2D eigenvalue weighted by atomic mass is 16.1. The zero-order valence-corrected chi connectivity index (χ0v) is 5.34. The minimum atomic E-state index is -0.321. The number of hydrogen-bond donors (Lipinski definition) is 3. The summed E-state index contributed by atoms with van der Waals surface area (Å²) in [5.74, 6) is 4.98. The van der Waals surface area contributed by atoms with Gasteiger partial charge in [-0.2, -0.15) is 0 Å². The van der Waals surface area contributed by atoms with Crippen molar-refractivity contribution in [1.82, 2.24) is 5.43 Å². The van der Waals surface area contributed by atoms with Crippen LogP contribution in [-0.4, -0.2) is 18.9 Å². The maximum absolute atomic E-state index is 9.92. The lowest BCUT2D eigenvalue weighted by molar-refractivity contribution is -0.109. The Hall–Kier alpha value is -0.450. The Labute approximate surface area is 54.6 Å². The number of nitrogens with two attached hydrogens (primary N) is 2. The largest absolute Gasteiger partial charge is 0.322 e. The van der Waals surface area contributed by atoms with Gasteiger partial charge in [-0.3, -0.25) is 11.3 Å². The monoisotopic (exact) mass is 131 g/mol. The van der Waals surface area contributed by atoms with E-state index in [1.54, 1.807) is 0 Å². The van der Waals surface area contributed by atoms with Gasteiger partial charge in [0.15, 0.2) is 0 Å². The Kier molecular flexibility index (Phi) is 5.40. The average molecular weight is 131 g/mol. The molecule has 0 aliphatic carbocycles. The van der Waals surface area contributed by atoms with Gasteiger partial charge in [-0.05, 0) is 12.8 Å². The minimum Gasteiger partial charge on any atom is -0.322 e. The molecule has 0 aromatic carbocycles. The number of carbonyl (C=O) groups is 1. The Bertz CT molecular complexity index is 76.6. The fourth-order valence-electron chi connectivity index (χ4n) is 0.508. The highest BCUT2D eigenvalue weighted by molar-refractivity contribution is 5.56. The van der Waals surface area contributed by atoms with Crippen molar-refractivity contribution in [2.24, 2.45) is 11.6 Å². The van der Waals surface area contributed by atoms with E-state index in [1.807, 2.05) is 0 Å². The van der Waals surface area contributed by atoms with E-state index in [0.29, 0.717) is 13.0 Å². The Morgan fingerprint density at radius 1 is 1.67 bits per heavy atom. The first kappa shape index (κ1) is 8.55. The van der Waals surface area contributed by atoms with Gasteiger partial charge in [0.25, 0.3) is 0 Å². The summed E-state index contributed by atoms with van der Waals surface area (Å²) < 4.78 is 0. The van der Waals surface area contributed by atoms with Crippen molar-refractivity contribution in [2.75, 3.05) is 6.54 Å². The molecule has 0 aliphatic heterocycles. The average Bonchev–Trinajstić information content (AvgIpc) is 1.89. The summed E-state index contributed by atoms with van der Waals surface area (Å²) in [6, 6.07) is -0.321. The second kappa shape index (κ2) is 5.68. The third-order valence-corrected chi connectivity index (χ3v) is 1.03. The Morgan fingerprint density at radius 2 is 2.33 bits per heavy atom. The first-order valence-electron chi connectivity index (χ1n) is 2.95. The van der Waals surface area contributed by atoms with E-state index in [2.05, 4.69) is 5.43 Å². The highest BCUT2D eigenvalue weighted by Gasteiger charge is 1.96. The van der Waals surface area contributed by atoms with Crippen LogP contribution in [0, 0.1) is 0 Å². The molecule has 0 bridgehead atoms. The molecule has 0 aromatic heterocycles. The number of carbonyl (C=O) groups excluding carboxylic acids is 1. The first-order chi connectivity index (χ1) is 4.31. The highest BCUT2D eigenvalue weighted by Crippen LogP contribution is 1.88. The van der Waals surface area contributed by atoms with Crippen LogP contribution in [0.4, 0.5) is 0 Å². The van der Waals surface area contributed by atoms with Crippen LogP contribution in [-0.2, 0) is 4.79 Å². The van der Waals surface area contributed by atoms with Gasteiger partial charge in [0, 0.05) is 6.54 Å². The lowest BCUT2D eigenvalue weighted by atomic mass is 10.2. The molecule has 0 unspecified atom stereocenters. The SMILES string of the molecule is NNCCC[C@@H](N)C=O. The van der Waals surface area contributed by atoms with Gasteiger partial charge in [-0.15, -0.1) is 0 Å². The molecule has 0 saturated carbocycles. The molecule has 5 N–H and O–H groups in total. The Balaban J connectivity index is 2.96. The fourth-order valence-corrected chi connectivity index (χ4v) is 0.508. The van der Waals surface area contributed by atoms with Crippen molar-refractivity contribution >= 4 is 6.29 Å². The smallest absolute Gasteiger partial charge is 0.136 e. The quantitative estimate of drug-likeness (QED) is 0.188. The van der Waals surface area contributed by atoms with Crippen molar-refractivity contribution in [3.05, 3.63) is 0 Å². The van der Waals surface area contributed by atoms with E-state index in [-0.39, 0.29) is 6.04 Å². The van der Waals surface area contributed by atoms with Gasteiger partial charge >= 0.3 is 0 Å². The van der Waals surface area contributed by atoms with Crippen LogP contribution in [0.5, 0.6) is 0 Å². The molecular formula is C5H13N3O. The molecule has 4 nitrogen and oxygen atoms in total. The van der Waals surface area contributed by atoms with Crippen LogP contribution in [0.2, 0.25) is 0 Å². The van der Waals surface area contributed by atoms with Crippen molar-refractivity contribution in [1.29, 1.82) is 0 Å². The minimum absolute atomic E-state index is 0.321. The van der Waals surface area contributed by atoms with Crippen molar-refractivity contribution in [3.8, 4) is 0 Å². The van der Waals surface area contributed by atoms with Crippen LogP contribution in [0.1, 0.15) is 12.8 Å². The summed E-state index contributed by atoms with van der Waals surface area (Å²) in [4.78, 5) is 9.92. The number of nitrogens with one attached hydrogen (secondary N) is 1. The summed E-state index contributed by atoms with van der Waals surface area (Å²) in [5.41, 5.74) is 7.75. The number of hydrogen-bond acceptors (Lipinski definition) is 4. The molecular weight excluding hydrogens is 118 g/mol. The van der Waals surface area contributed by atoms with Crippen LogP contribution in [0.25, 0.3) is 0 Å². The van der Waals surface area contributed by atoms with Gasteiger partial charge < -0.3 is 10.5 Å². The first-order valence-corrected chi connectivity index (χ1v) is 2.95. The van der Waals surface area contributed by atoms with E-state index in [4.69, 9.17) is 11.6 Å². The Morgan fingerprint density at radius 3 is 2.78 bits per heavy atom. The molecule has 0 rings (SSSR count). The lowest BCUT2D eigenvalue weighted by Crippen LogP contribution is -2.26. The number of hydrazine groups is 1. The molecule has 0 aliphatic rings. The van der Waals surface area contributed by atoms with E-state index in [0.717, 1.165) is 12.7 Å². The molecule has 0 saturated heterocycles. The van der Waals surface area contributed by atoms with Crippen molar-refractivity contribution < 1.29 is 4.79 Å². The normalized spacial score (nSPS) is 13.1. The van der Waals surface area contributed by atoms with Gasteiger partial charge in [0.05, 0.1) is 6.04 Å². The second-order valence-corrected chi connectivity index (χ2v) is 1.90. The molecule has 9 heavy (non-hydrogen) atoms. The van der Waals surface area contributed by atoms with E-state index in [9.17, 15) is 4.79 Å². The van der Waals surface area contributed by atoms with Crippen LogP contribution >= 0.6 is 0 Å². The third-order valence-electron chi connectivity index (χ3n) is 1.03. The second-order valence-electron chi connectivity index (χ2n) is 1.90. The summed E-state index contributed by atoms with van der Waals surface area (Å²) >= 11 is 0. The van der Waals surface area contributed by atoms with Gasteiger partial charge in [-0.1, -0.05) is 0 Å². The molecule has 4 heteroatoms. The molecule has 0 radical (unpaired) electrons.